The van der Waals surface area contributed by atoms with Gasteiger partial charge in [-0.3, -0.25) is 0 Å². The molecule has 2 aliphatic carbocycles. The molecule has 1 saturated carbocycles. The minimum atomic E-state index is -0.542. The van der Waals surface area contributed by atoms with E-state index in [1.165, 1.54) is 32.1 Å². The zero-order chi connectivity index (χ0) is 18.8. The molecule has 0 bridgehead atoms. The zero-order valence-corrected chi connectivity index (χ0v) is 16.1. The molecule has 2 aromatic rings. The van der Waals surface area contributed by atoms with Crippen molar-refractivity contribution in [1.29, 1.82) is 0 Å². The summed E-state index contributed by atoms with van der Waals surface area (Å²) >= 11 is 0. The second-order valence-corrected chi connectivity index (χ2v) is 8.05. The highest BCUT2D eigenvalue weighted by Gasteiger charge is 2.21. The average molecular weight is 371 g/mol. The minimum Gasteiger partial charge on any atom is -0.491 e. The highest BCUT2D eigenvalue weighted by atomic mass is 16.5. The Morgan fingerprint density at radius 1 is 1.19 bits per heavy atom. The number of aryl methyl sites for hydroxylation is 1. The molecule has 5 heteroatoms. The molecule has 0 spiro atoms. The molecule has 27 heavy (non-hydrogen) atoms. The fraction of sp³-hybridized carbons (Fsp3) is 0.591. The summed E-state index contributed by atoms with van der Waals surface area (Å²) in [5.41, 5.74) is 2.31. The lowest BCUT2D eigenvalue weighted by Crippen LogP contribution is -2.40. The first kappa shape index (κ1) is 18.5. The summed E-state index contributed by atoms with van der Waals surface area (Å²) < 4.78 is 11.3. The van der Waals surface area contributed by atoms with Crippen molar-refractivity contribution in [3.63, 3.8) is 0 Å². The normalized spacial score (nSPS) is 18.8. The van der Waals surface area contributed by atoms with E-state index < -0.39 is 6.10 Å². The Morgan fingerprint density at radius 3 is 2.78 bits per heavy atom. The van der Waals surface area contributed by atoms with Gasteiger partial charge < -0.3 is 19.2 Å². The molecule has 146 valence electrons. The molecule has 0 amide bonds. The van der Waals surface area contributed by atoms with E-state index in [1.54, 1.807) is 6.07 Å². The van der Waals surface area contributed by atoms with Gasteiger partial charge in [-0.25, -0.2) is 4.79 Å². The third-order valence-electron chi connectivity index (χ3n) is 6.08. The van der Waals surface area contributed by atoms with Crippen LogP contribution in [0.1, 0.15) is 49.7 Å². The molecule has 5 nitrogen and oxygen atoms in total. The van der Waals surface area contributed by atoms with E-state index in [2.05, 4.69) is 11.9 Å². The first-order chi connectivity index (χ1) is 13.1. The van der Waals surface area contributed by atoms with Crippen LogP contribution in [0.2, 0.25) is 0 Å². The minimum absolute atomic E-state index is 0.221. The molecule has 1 fully saturated rings. The summed E-state index contributed by atoms with van der Waals surface area (Å²) in [6, 6.07) is 6.22. The van der Waals surface area contributed by atoms with Crippen molar-refractivity contribution >= 4 is 11.0 Å². The summed E-state index contributed by atoms with van der Waals surface area (Å²) in [6.07, 6.45) is 8.56. The van der Waals surface area contributed by atoms with Crippen LogP contribution in [-0.4, -0.2) is 42.4 Å². The number of aliphatic hydroxyl groups excluding tert-OH is 1. The number of hydrogen-bond acceptors (Lipinski definition) is 5. The largest absolute Gasteiger partial charge is 0.491 e. The van der Waals surface area contributed by atoms with Gasteiger partial charge in [-0.2, -0.15) is 0 Å². The molecule has 1 aromatic carbocycles. The molecular weight excluding hydrogens is 342 g/mol. The maximum atomic E-state index is 12.1. The summed E-state index contributed by atoms with van der Waals surface area (Å²) in [4.78, 5) is 14.4. The Balaban J connectivity index is 1.38. The molecule has 0 saturated heterocycles. The number of aliphatic hydroxyl groups is 1. The third-order valence-corrected chi connectivity index (χ3v) is 6.08. The number of nitrogens with zero attached hydrogens (tertiary/aromatic N) is 1. The summed E-state index contributed by atoms with van der Waals surface area (Å²) in [5, 5.41) is 11.4. The molecule has 1 aromatic heterocycles. The van der Waals surface area contributed by atoms with E-state index in [9.17, 15) is 9.90 Å². The fourth-order valence-electron chi connectivity index (χ4n) is 4.60. The molecule has 1 atom stereocenters. The third kappa shape index (κ3) is 4.04. The van der Waals surface area contributed by atoms with Gasteiger partial charge in [0.15, 0.2) is 0 Å². The SMILES string of the molecule is CN(C[C@H](O)COc1ccc2c3c(c(=O)oc2c1)CCC3)C1CCCCC1. The Hall–Kier alpha value is -1.85. The molecule has 1 N–H and O–H groups in total. The Kier molecular flexibility index (Phi) is 5.50. The molecule has 0 radical (unpaired) electrons. The van der Waals surface area contributed by atoms with Gasteiger partial charge in [-0.05, 0) is 56.8 Å². The fourth-order valence-corrected chi connectivity index (χ4v) is 4.60. The van der Waals surface area contributed by atoms with Gasteiger partial charge in [-0.1, -0.05) is 19.3 Å². The van der Waals surface area contributed by atoms with E-state index >= 15 is 0 Å². The standard InChI is InChI=1S/C22H29NO4/c1-23(15-6-3-2-4-7-15)13-16(24)14-26-17-10-11-19-18-8-5-9-20(18)22(25)27-21(19)12-17/h10-12,15-16,24H,2-9,13-14H2,1H3/t16-/m0/s1. The van der Waals surface area contributed by atoms with Gasteiger partial charge in [-0.15, -0.1) is 0 Å². The van der Waals surface area contributed by atoms with Crippen molar-refractivity contribution in [3.8, 4) is 5.75 Å². The molecule has 0 aliphatic heterocycles. The van der Waals surface area contributed by atoms with Crippen molar-refractivity contribution in [1.82, 2.24) is 4.90 Å². The number of rotatable bonds is 6. The van der Waals surface area contributed by atoms with Crippen LogP contribution in [0.4, 0.5) is 0 Å². The van der Waals surface area contributed by atoms with Gasteiger partial charge in [0.2, 0.25) is 0 Å². The van der Waals surface area contributed by atoms with Crippen molar-refractivity contribution in [2.75, 3.05) is 20.2 Å². The first-order valence-electron chi connectivity index (χ1n) is 10.2. The van der Waals surface area contributed by atoms with Crippen molar-refractivity contribution in [3.05, 3.63) is 39.7 Å². The molecule has 1 heterocycles. The number of ether oxygens (including phenoxy) is 1. The number of hydrogen-bond donors (Lipinski definition) is 1. The topological polar surface area (TPSA) is 62.9 Å². The second kappa shape index (κ2) is 8.03. The van der Waals surface area contributed by atoms with E-state index in [1.807, 2.05) is 12.1 Å². The summed E-state index contributed by atoms with van der Waals surface area (Å²) in [6.45, 7) is 0.846. The van der Waals surface area contributed by atoms with E-state index in [0.717, 1.165) is 35.8 Å². The summed E-state index contributed by atoms with van der Waals surface area (Å²) in [7, 11) is 2.09. The maximum absolute atomic E-state index is 12.1. The highest BCUT2D eigenvalue weighted by molar-refractivity contribution is 5.83. The van der Waals surface area contributed by atoms with Crippen molar-refractivity contribution < 1.29 is 14.3 Å². The lowest BCUT2D eigenvalue weighted by atomic mass is 9.94. The predicted molar refractivity (Wildman–Crippen MR) is 106 cm³/mol. The predicted octanol–water partition coefficient (Wildman–Crippen LogP) is 3.29. The number of benzene rings is 1. The van der Waals surface area contributed by atoms with Gasteiger partial charge in [0.25, 0.3) is 0 Å². The Bertz CT molecular complexity index is 853. The monoisotopic (exact) mass is 371 g/mol. The smallest absolute Gasteiger partial charge is 0.339 e. The number of fused-ring (bicyclic) bond motifs is 3. The van der Waals surface area contributed by atoms with Crippen LogP contribution in [0.15, 0.2) is 27.4 Å². The maximum Gasteiger partial charge on any atom is 0.339 e. The van der Waals surface area contributed by atoms with Gasteiger partial charge in [0.1, 0.15) is 24.0 Å². The quantitative estimate of drug-likeness (QED) is 0.790. The van der Waals surface area contributed by atoms with Crippen LogP contribution in [0.5, 0.6) is 5.75 Å². The first-order valence-corrected chi connectivity index (χ1v) is 10.2. The zero-order valence-electron chi connectivity index (χ0n) is 16.1. The highest BCUT2D eigenvalue weighted by Crippen LogP contribution is 2.29. The van der Waals surface area contributed by atoms with Crippen molar-refractivity contribution in [2.45, 2.75) is 63.5 Å². The Morgan fingerprint density at radius 2 is 1.96 bits per heavy atom. The molecular formula is C22H29NO4. The van der Waals surface area contributed by atoms with Crippen LogP contribution in [0.3, 0.4) is 0 Å². The van der Waals surface area contributed by atoms with Crippen LogP contribution in [0.25, 0.3) is 11.0 Å². The van der Waals surface area contributed by atoms with Gasteiger partial charge in [0.05, 0.1) is 0 Å². The van der Waals surface area contributed by atoms with Crippen LogP contribution >= 0.6 is 0 Å². The number of likely N-dealkylation sites (N-methyl/N-ethyl adjacent to an activating group) is 1. The van der Waals surface area contributed by atoms with Gasteiger partial charge in [0, 0.05) is 29.6 Å². The van der Waals surface area contributed by atoms with Crippen LogP contribution in [-0.2, 0) is 12.8 Å². The van der Waals surface area contributed by atoms with Gasteiger partial charge >= 0.3 is 5.63 Å². The molecule has 2 aliphatic rings. The lowest BCUT2D eigenvalue weighted by molar-refractivity contribution is 0.0562. The van der Waals surface area contributed by atoms with E-state index in [4.69, 9.17) is 9.15 Å². The van der Waals surface area contributed by atoms with E-state index in [0.29, 0.717) is 23.9 Å². The molecule has 0 unspecified atom stereocenters. The lowest BCUT2D eigenvalue weighted by Gasteiger charge is -2.32. The van der Waals surface area contributed by atoms with Crippen LogP contribution < -0.4 is 10.4 Å². The molecule has 4 rings (SSSR count). The van der Waals surface area contributed by atoms with Crippen molar-refractivity contribution in [2.24, 2.45) is 0 Å². The summed E-state index contributed by atoms with van der Waals surface area (Å²) in [5.74, 6) is 0.628. The van der Waals surface area contributed by atoms with E-state index in [-0.39, 0.29) is 12.2 Å². The Labute approximate surface area is 159 Å². The second-order valence-electron chi connectivity index (χ2n) is 8.05. The average Bonchev–Trinajstić information content (AvgIpc) is 3.18. The van der Waals surface area contributed by atoms with Crippen LogP contribution in [0, 0.1) is 0 Å².